The standard InChI is InChI=1S/C11H12Cl2N2S/c1-2-7-6-14-11(16-7)15-10-8(12)4-3-5-9(10)13/h3-5,7H,2,6H2,1H3,(H,14,15). The van der Waals surface area contributed by atoms with Crippen LogP contribution < -0.4 is 5.32 Å². The second kappa shape index (κ2) is 5.30. The molecule has 0 spiro atoms. The molecule has 1 N–H and O–H groups in total. The molecule has 0 saturated heterocycles. The first kappa shape index (κ1) is 12.1. The lowest BCUT2D eigenvalue weighted by atomic mass is 10.3. The van der Waals surface area contributed by atoms with Gasteiger partial charge in [-0.25, -0.2) is 0 Å². The van der Waals surface area contributed by atoms with Crippen molar-refractivity contribution in [2.75, 3.05) is 11.9 Å². The Morgan fingerprint density at radius 3 is 2.69 bits per heavy atom. The molecule has 1 aliphatic heterocycles. The van der Waals surface area contributed by atoms with Gasteiger partial charge in [-0.1, -0.05) is 48.0 Å². The number of anilines is 1. The maximum absolute atomic E-state index is 6.07. The fraction of sp³-hybridized carbons (Fsp3) is 0.364. The van der Waals surface area contributed by atoms with Crippen LogP contribution in [-0.2, 0) is 0 Å². The Hall–Kier alpha value is -0.380. The van der Waals surface area contributed by atoms with E-state index in [0.717, 1.165) is 23.8 Å². The van der Waals surface area contributed by atoms with Gasteiger partial charge in [-0.2, -0.15) is 0 Å². The molecule has 2 nitrogen and oxygen atoms in total. The molecule has 0 bridgehead atoms. The summed E-state index contributed by atoms with van der Waals surface area (Å²) in [5.74, 6) is 0. The van der Waals surface area contributed by atoms with Gasteiger partial charge in [-0.05, 0) is 18.6 Å². The zero-order valence-corrected chi connectivity index (χ0v) is 11.2. The maximum atomic E-state index is 6.07. The van der Waals surface area contributed by atoms with Crippen molar-refractivity contribution in [3.05, 3.63) is 28.2 Å². The van der Waals surface area contributed by atoms with Crippen LogP contribution in [0.3, 0.4) is 0 Å². The topological polar surface area (TPSA) is 24.4 Å². The summed E-state index contributed by atoms with van der Waals surface area (Å²) in [6.07, 6.45) is 1.12. The number of halogens is 2. The van der Waals surface area contributed by atoms with Crippen LogP contribution in [0.5, 0.6) is 0 Å². The van der Waals surface area contributed by atoms with Crippen LogP contribution in [0.4, 0.5) is 5.69 Å². The highest BCUT2D eigenvalue weighted by Crippen LogP contribution is 2.32. The molecule has 0 saturated carbocycles. The van der Waals surface area contributed by atoms with Gasteiger partial charge in [0.1, 0.15) is 0 Å². The molecule has 1 aromatic rings. The first-order valence-electron chi connectivity index (χ1n) is 5.13. The summed E-state index contributed by atoms with van der Waals surface area (Å²) in [5.41, 5.74) is 0.744. The van der Waals surface area contributed by atoms with Crippen LogP contribution in [0, 0.1) is 0 Å². The fourth-order valence-corrected chi connectivity index (χ4v) is 2.86. The summed E-state index contributed by atoms with van der Waals surface area (Å²) < 4.78 is 0. The molecule has 0 fully saturated rings. The fourth-order valence-electron chi connectivity index (χ4n) is 1.42. The van der Waals surface area contributed by atoms with Gasteiger partial charge in [0.15, 0.2) is 5.17 Å². The Morgan fingerprint density at radius 2 is 2.12 bits per heavy atom. The number of rotatable bonds is 2. The molecular formula is C11H12Cl2N2S. The summed E-state index contributed by atoms with van der Waals surface area (Å²) >= 11 is 13.9. The molecule has 86 valence electrons. The van der Waals surface area contributed by atoms with E-state index < -0.39 is 0 Å². The van der Waals surface area contributed by atoms with Crippen molar-refractivity contribution in [3.63, 3.8) is 0 Å². The molecule has 1 unspecified atom stereocenters. The summed E-state index contributed by atoms with van der Waals surface area (Å²) in [6.45, 7) is 3.03. The highest BCUT2D eigenvalue weighted by atomic mass is 35.5. The molecule has 1 aromatic carbocycles. The molecule has 2 rings (SSSR count). The SMILES string of the molecule is CCC1CN=C(Nc2c(Cl)cccc2Cl)S1. The maximum Gasteiger partial charge on any atom is 0.161 e. The molecule has 5 heteroatoms. The largest absolute Gasteiger partial charge is 0.333 e. The molecule has 0 radical (unpaired) electrons. The molecule has 0 aromatic heterocycles. The molecule has 1 aliphatic rings. The number of nitrogens with one attached hydrogen (secondary N) is 1. The molecule has 1 heterocycles. The van der Waals surface area contributed by atoms with E-state index >= 15 is 0 Å². The van der Waals surface area contributed by atoms with Crippen molar-refractivity contribution in [1.82, 2.24) is 0 Å². The van der Waals surface area contributed by atoms with E-state index in [4.69, 9.17) is 23.2 Å². The van der Waals surface area contributed by atoms with Crippen LogP contribution >= 0.6 is 35.0 Å². The monoisotopic (exact) mass is 274 g/mol. The average Bonchev–Trinajstić information content (AvgIpc) is 2.71. The molecule has 0 amide bonds. The van der Waals surface area contributed by atoms with Crippen molar-refractivity contribution in [2.45, 2.75) is 18.6 Å². The Morgan fingerprint density at radius 1 is 1.44 bits per heavy atom. The number of para-hydroxylation sites is 1. The average molecular weight is 275 g/mol. The quantitative estimate of drug-likeness (QED) is 0.870. The van der Waals surface area contributed by atoms with Gasteiger partial charge in [0.2, 0.25) is 0 Å². The van der Waals surface area contributed by atoms with E-state index in [1.807, 2.05) is 18.2 Å². The number of hydrogen-bond donors (Lipinski definition) is 1. The summed E-state index contributed by atoms with van der Waals surface area (Å²) in [4.78, 5) is 4.42. The lowest BCUT2D eigenvalue weighted by Crippen LogP contribution is -2.07. The van der Waals surface area contributed by atoms with E-state index in [2.05, 4.69) is 17.2 Å². The number of benzene rings is 1. The number of thioether (sulfide) groups is 1. The first-order valence-corrected chi connectivity index (χ1v) is 6.76. The first-order chi connectivity index (χ1) is 7.70. The van der Waals surface area contributed by atoms with Gasteiger partial charge >= 0.3 is 0 Å². The third-order valence-electron chi connectivity index (χ3n) is 2.37. The normalized spacial score (nSPS) is 19.7. The van der Waals surface area contributed by atoms with Crippen LogP contribution in [0.2, 0.25) is 10.0 Å². The third kappa shape index (κ3) is 2.65. The van der Waals surface area contributed by atoms with Gasteiger partial charge in [0, 0.05) is 5.25 Å². The lowest BCUT2D eigenvalue weighted by molar-refractivity contribution is 0.843. The minimum Gasteiger partial charge on any atom is -0.333 e. The second-order valence-electron chi connectivity index (χ2n) is 3.52. The van der Waals surface area contributed by atoms with Gasteiger partial charge in [-0.3, -0.25) is 4.99 Å². The zero-order valence-electron chi connectivity index (χ0n) is 8.84. The van der Waals surface area contributed by atoms with Gasteiger partial charge < -0.3 is 5.32 Å². The predicted octanol–water partition coefficient (Wildman–Crippen LogP) is 4.29. The van der Waals surface area contributed by atoms with E-state index in [-0.39, 0.29) is 0 Å². The van der Waals surface area contributed by atoms with Crippen LogP contribution in [0.15, 0.2) is 23.2 Å². The van der Waals surface area contributed by atoms with Crippen molar-refractivity contribution < 1.29 is 0 Å². The van der Waals surface area contributed by atoms with Gasteiger partial charge in [0.05, 0.1) is 22.3 Å². The molecular weight excluding hydrogens is 263 g/mol. The zero-order chi connectivity index (χ0) is 11.5. The summed E-state index contributed by atoms with van der Waals surface area (Å²) in [7, 11) is 0. The predicted molar refractivity (Wildman–Crippen MR) is 74.1 cm³/mol. The lowest BCUT2D eigenvalue weighted by Gasteiger charge is -2.10. The van der Waals surface area contributed by atoms with E-state index in [9.17, 15) is 0 Å². The number of aliphatic imine (C=N–C) groups is 1. The third-order valence-corrected chi connectivity index (χ3v) is 4.27. The smallest absolute Gasteiger partial charge is 0.161 e. The van der Waals surface area contributed by atoms with Crippen molar-refractivity contribution in [2.24, 2.45) is 4.99 Å². The number of hydrogen-bond acceptors (Lipinski definition) is 3. The Balaban J connectivity index is 2.11. The minimum absolute atomic E-state index is 0.573. The van der Waals surface area contributed by atoms with E-state index in [1.54, 1.807) is 11.8 Å². The Kier molecular flexibility index (Phi) is 4.00. The van der Waals surface area contributed by atoms with Crippen molar-refractivity contribution in [1.29, 1.82) is 0 Å². The van der Waals surface area contributed by atoms with Gasteiger partial charge in [-0.15, -0.1) is 0 Å². The highest BCUT2D eigenvalue weighted by molar-refractivity contribution is 8.15. The summed E-state index contributed by atoms with van der Waals surface area (Å²) in [6, 6.07) is 5.45. The minimum atomic E-state index is 0.573. The Bertz CT molecular complexity index is 400. The molecule has 1 atom stereocenters. The van der Waals surface area contributed by atoms with Gasteiger partial charge in [0.25, 0.3) is 0 Å². The van der Waals surface area contributed by atoms with Crippen LogP contribution in [0.25, 0.3) is 0 Å². The van der Waals surface area contributed by atoms with E-state index in [0.29, 0.717) is 15.3 Å². The van der Waals surface area contributed by atoms with Crippen LogP contribution in [0.1, 0.15) is 13.3 Å². The number of nitrogens with zero attached hydrogens (tertiary/aromatic N) is 1. The molecule has 16 heavy (non-hydrogen) atoms. The second-order valence-corrected chi connectivity index (χ2v) is 5.62. The van der Waals surface area contributed by atoms with E-state index in [1.165, 1.54) is 0 Å². The van der Waals surface area contributed by atoms with Crippen molar-refractivity contribution >= 4 is 45.8 Å². The van der Waals surface area contributed by atoms with Crippen molar-refractivity contribution in [3.8, 4) is 0 Å². The van der Waals surface area contributed by atoms with Crippen LogP contribution in [-0.4, -0.2) is 17.0 Å². The Labute approximate surface area is 109 Å². The summed E-state index contributed by atoms with van der Waals surface area (Å²) in [5, 5.41) is 5.91. The molecule has 0 aliphatic carbocycles. The number of amidine groups is 1. The highest BCUT2D eigenvalue weighted by Gasteiger charge is 2.19.